The summed E-state index contributed by atoms with van der Waals surface area (Å²) in [7, 11) is 0. The third-order valence-electron chi connectivity index (χ3n) is 4.64. The van der Waals surface area contributed by atoms with E-state index in [1.54, 1.807) is 18.2 Å². The Balaban J connectivity index is 1.69. The first kappa shape index (κ1) is 18.9. The Morgan fingerprint density at radius 1 is 1.07 bits per heavy atom. The average Bonchev–Trinajstić information content (AvgIpc) is 2.70. The Hall–Kier alpha value is -2.89. The van der Waals surface area contributed by atoms with Gasteiger partial charge in [-0.3, -0.25) is 14.6 Å². The summed E-state index contributed by atoms with van der Waals surface area (Å²) in [5.41, 5.74) is 1.31. The third-order valence-corrected chi connectivity index (χ3v) is 4.64. The monoisotopic (exact) mass is 367 g/mol. The molecule has 1 fully saturated rings. The van der Waals surface area contributed by atoms with Crippen molar-refractivity contribution in [3.8, 4) is 5.75 Å². The predicted molar refractivity (Wildman–Crippen MR) is 104 cm³/mol. The number of anilines is 1. The van der Waals surface area contributed by atoms with Crippen LogP contribution in [0.25, 0.3) is 0 Å². The molecular weight excluding hydrogens is 342 g/mol. The maximum atomic E-state index is 12.6. The molecule has 142 valence electrons. The first-order chi connectivity index (χ1) is 13.2. The number of benzene rings is 1. The fourth-order valence-corrected chi connectivity index (χ4v) is 3.25. The normalized spacial score (nSPS) is 14.4. The predicted octanol–water partition coefficient (Wildman–Crippen LogP) is 3.80. The molecule has 2 aromatic rings. The Morgan fingerprint density at radius 3 is 2.52 bits per heavy atom. The number of amides is 2. The topological polar surface area (TPSA) is 80.3 Å². The standard InChI is InChI=1S/C21H25N3O3/c1-2-27-19-11-7-6-10-18(19)24-21(26)16-12-15(13-22-14-16)20(25)23-17-8-4-3-5-9-17/h6-7,10-14,17H,2-5,8-9H2,1H3,(H,23,25)(H,24,26). The number of hydrogen-bond donors (Lipinski definition) is 2. The highest BCUT2D eigenvalue weighted by molar-refractivity contribution is 6.06. The van der Waals surface area contributed by atoms with Crippen molar-refractivity contribution in [1.82, 2.24) is 10.3 Å². The number of para-hydroxylation sites is 2. The average molecular weight is 367 g/mol. The second kappa shape index (κ2) is 9.16. The minimum Gasteiger partial charge on any atom is -0.492 e. The van der Waals surface area contributed by atoms with Gasteiger partial charge in [0.1, 0.15) is 5.75 Å². The van der Waals surface area contributed by atoms with E-state index in [9.17, 15) is 9.59 Å². The van der Waals surface area contributed by atoms with Gasteiger partial charge in [-0.25, -0.2) is 0 Å². The van der Waals surface area contributed by atoms with Gasteiger partial charge >= 0.3 is 0 Å². The van der Waals surface area contributed by atoms with Gasteiger partial charge < -0.3 is 15.4 Å². The van der Waals surface area contributed by atoms with E-state index in [1.807, 2.05) is 19.1 Å². The molecule has 2 N–H and O–H groups in total. The summed E-state index contributed by atoms with van der Waals surface area (Å²) < 4.78 is 5.53. The van der Waals surface area contributed by atoms with Crippen LogP contribution in [0, 0.1) is 0 Å². The molecule has 2 amide bonds. The summed E-state index contributed by atoms with van der Waals surface area (Å²) in [5, 5.41) is 5.87. The Labute approximate surface area is 159 Å². The number of pyridine rings is 1. The maximum Gasteiger partial charge on any atom is 0.257 e. The molecule has 0 atom stereocenters. The zero-order valence-electron chi connectivity index (χ0n) is 15.5. The van der Waals surface area contributed by atoms with Crippen LogP contribution in [0.1, 0.15) is 59.7 Å². The van der Waals surface area contributed by atoms with Crippen LogP contribution in [0.2, 0.25) is 0 Å². The molecule has 0 radical (unpaired) electrons. The van der Waals surface area contributed by atoms with Crippen LogP contribution in [0.5, 0.6) is 5.75 Å². The van der Waals surface area contributed by atoms with Gasteiger partial charge in [0, 0.05) is 18.4 Å². The van der Waals surface area contributed by atoms with E-state index in [2.05, 4.69) is 15.6 Å². The van der Waals surface area contributed by atoms with Gasteiger partial charge in [0.2, 0.25) is 0 Å². The summed E-state index contributed by atoms with van der Waals surface area (Å²) in [5.74, 6) is 0.0910. The Kier molecular flexibility index (Phi) is 6.41. The van der Waals surface area contributed by atoms with Crippen LogP contribution in [-0.4, -0.2) is 29.4 Å². The van der Waals surface area contributed by atoms with Crippen molar-refractivity contribution in [2.45, 2.75) is 45.1 Å². The van der Waals surface area contributed by atoms with Crippen LogP contribution >= 0.6 is 0 Å². The molecule has 0 aliphatic heterocycles. The first-order valence-electron chi connectivity index (χ1n) is 9.46. The molecule has 0 spiro atoms. The lowest BCUT2D eigenvalue weighted by Crippen LogP contribution is -2.36. The van der Waals surface area contributed by atoms with Crippen LogP contribution in [0.15, 0.2) is 42.7 Å². The van der Waals surface area contributed by atoms with E-state index in [1.165, 1.54) is 18.8 Å². The molecule has 0 bridgehead atoms. The molecule has 1 aromatic heterocycles. The fraction of sp³-hybridized carbons (Fsp3) is 0.381. The van der Waals surface area contributed by atoms with Crippen molar-refractivity contribution in [1.29, 1.82) is 0 Å². The molecule has 1 aliphatic rings. The van der Waals surface area contributed by atoms with Crippen molar-refractivity contribution >= 4 is 17.5 Å². The molecule has 0 unspecified atom stereocenters. The van der Waals surface area contributed by atoms with Gasteiger partial charge in [0.25, 0.3) is 11.8 Å². The lowest BCUT2D eigenvalue weighted by Gasteiger charge is -2.22. The van der Waals surface area contributed by atoms with E-state index in [4.69, 9.17) is 4.74 Å². The quantitative estimate of drug-likeness (QED) is 0.814. The van der Waals surface area contributed by atoms with Crippen molar-refractivity contribution in [3.63, 3.8) is 0 Å². The highest BCUT2D eigenvalue weighted by atomic mass is 16.5. The third kappa shape index (κ3) is 5.06. The Morgan fingerprint density at radius 2 is 1.78 bits per heavy atom. The lowest BCUT2D eigenvalue weighted by molar-refractivity contribution is 0.0927. The molecule has 6 heteroatoms. The highest BCUT2D eigenvalue weighted by Crippen LogP contribution is 2.24. The van der Waals surface area contributed by atoms with E-state index in [0.29, 0.717) is 29.2 Å². The van der Waals surface area contributed by atoms with Crippen LogP contribution in [-0.2, 0) is 0 Å². The van der Waals surface area contributed by atoms with Gasteiger partial charge in [0.05, 0.1) is 23.4 Å². The molecule has 0 saturated heterocycles. The highest BCUT2D eigenvalue weighted by Gasteiger charge is 2.18. The molecule has 1 heterocycles. The van der Waals surface area contributed by atoms with Crippen LogP contribution in [0.4, 0.5) is 5.69 Å². The first-order valence-corrected chi connectivity index (χ1v) is 9.46. The van der Waals surface area contributed by atoms with Gasteiger partial charge in [0.15, 0.2) is 0 Å². The zero-order chi connectivity index (χ0) is 19.1. The summed E-state index contributed by atoms with van der Waals surface area (Å²) in [4.78, 5) is 29.1. The smallest absolute Gasteiger partial charge is 0.257 e. The van der Waals surface area contributed by atoms with E-state index < -0.39 is 0 Å². The van der Waals surface area contributed by atoms with Crippen LogP contribution < -0.4 is 15.4 Å². The summed E-state index contributed by atoms with van der Waals surface area (Å²) in [6, 6.07) is 9.02. The second-order valence-electron chi connectivity index (χ2n) is 6.65. The molecule has 1 aromatic carbocycles. The molecule has 1 saturated carbocycles. The SMILES string of the molecule is CCOc1ccccc1NC(=O)c1cncc(C(=O)NC2CCCCC2)c1. The van der Waals surface area contributed by atoms with Gasteiger partial charge in [-0.2, -0.15) is 0 Å². The van der Waals surface area contributed by atoms with Gasteiger partial charge in [-0.05, 0) is 38.0 Å². The number of aromatic nitrogens is 1. The number of hydrogen-bond acceptors (Lipinski definition) is 4. The van der Waals surface area contributed by atoms with Crippen LogP contribution in [0.3, 0.4) is 0 Å². The number of nitrogens with one attached hydrogen (secondary N) is 2. The molecule has 3 rings (SSSR count). The molecule has 6 nitrogen and oxygen atoms in total. The van der Waals surface area contributed by atoms with E-state index in [-0.39, 0.29) is 17.9 Å². The summed E-state index contributed by atoms with van der Waals surface area (Å²) in [6.07, 6.45) is 8.47. The van der Waals surface area contributed by atoms with Gasteiger partial charge in [-0.1, -0.05) is 31.4 Å². The lowest BCUT2D eigenvalue weighted by atomic mass is 9.95. The van der Waals surface area contributed by atoms with E-state index in [0.717, 1.165) is 25.7 Å². The zero-order valence-corrected chi connectivity index (χ0v) is 15.5. The number of rotatable bonds is 6. The van der Waals surface area contributed by atoms with Crippen molar-refractivity contribution in [3.05, 3.63) is 53.9 Å². The second-order valence-corrected chi connectivity index (χ2v) is 6.65. The molecular formula is C21H25N3O3. The van der Waals surface area contributed by atoms with Crippen molar-refractivity contribution in [2.24, 2.45) is 0 Å². The minimum absolute atomic E-state index is 0.182. The Bertz CT molecular complexity index is 801. The fourth-order valence-electron chi connectivity index (χ4n) is 3.25. The van der Waals surface area contributed by atoms with Crippen molar-refractivity contribution in [2.75, 3.05) is 11.9 Å². The summed E-state index contributed by atoms with van der Waals surface area (Å²) >= 11 is 0. The summed E-state index contributed by atoms with van der Waals surface area (Å²) in [6.45, 7) is 2.39. The number of carbonyl (C=O) groups excluding carboxylic acids is 2. The number of carbonyl (C=O) groups is 2. The largest absolute Gasteiger partial charge is 0.492 e. The maximum absolute atomic E-state index is 12.6. The van der Waals surface area contributed by atoms with E-state index >= 15 is 0 Å². The van der Waals surface area contributed by atoms with Crippen molar-refractivity contribution < 1.29 is 14.3 Å². The number of nitrogens with zero attached hydrogens (tertiary/aromatic N) is 1. The van der Waals surface area contributed by atoms with Gasteiger partial charge in [-0.15, -0.1) is 0 Å². The molecule has 27 heavy (non-hydrogen) atoms. The minimum atomic E-state index is -0.332. The number of ether oxygens (including phenoxy) is 1. The molecule has 1 aliphatic carbocycles.